The fourth-order valence-electron chi connectivity index (χ4n) is 2.21. The Labute approximate surface area is 139 Å². The lowest BCUT2D eigenvalue weighted by molar-refractivity contribution is 0.328. The predicted octanol–water partition coefficient (Wildman–Crippen LogP) is 3.64. The van der Waals surface area contributed by atoms with Crippen molar-refractivity contribution in [2.75, 3.05) is 6.61 Å². The van der Waals surface area contributed by atoms with Gasteiger partial charge in [0, 0.05) is 16.8 Å². The molecule has 1 aromatic heterocycles. The van der Waals surface area contributed by atoms with Crippen molar-refractivity contribution in [1.29, 1.82) is 0 Å². The van der Waals surface area contributed by atoms with E-state index in [2.05, 4.69) is 4.98 Å². The monoisotopic (exact) mass is 345 g/mol. The molecule has 1 atom stereocenters. The van der Waals surface area contributed by atoms with E-state index in [1.54, 1.807) is 18.2 Å². The third kappa shape index (κ3) is 3.53. The van der Waals surface area contributed by atoms with Crippen LogP contribution in [-0.2, 0) is 11.8 Å². The van der Waals surface area contributed by atoms with Gasteiger partial charge in [-0.25, -0.2) is 4.98 Å². The quantitative estimate of drug-likeness (QED) is 0.716. The molecule has 0 fully saturated rings. The van der Waals surface area contributed by atoms with Crippen molar-refractivity contribution in [1.82, 2.24) is 4.98 Å². The first-order valence-corrected chi connectivity index (χ1v) is 9.88. The van der Waals surface area contributed by atoms with Gasteiger partial charge < -0.3 is 14.2 Å². The number of benzene rings is 2. The first kappa shape index (κ1) is 15.9. The van der Waals surface area contributed by atoms with E-state index in [0.29, 0.717) is 29.1 Å². The first-order chi connectivity index (χ1) is 11.1. The molecule has 0 aliphatic rings. The second kappa shape index (κ2) is 6.67. The number of hydrogen-bond acceptors (Lipinski definition) is 4. The van der Waals surface area contributed by atoms with Gasteiger partial charge in [-0.05, 0) is 43.0 Å². The van der Waals surface area contributed by atoms with E-state index in [1.165, 1.54) is 0 Å². The molecular formula is C17H16NO3PS. The maximum absolute atomic E-state index is 10.6. The number of fused-ring (bicyclic) bond motifs is 1. The maximum Gasteiger partial charge on any atom is 0.266 e. The van der Waals surface area contributed by atoms with Gasteiger partial charge in [-0.15, -0.1) is 0 Å². The van der Waals surface area contributed by atoms with Crippen LogP contribution < -0.4 is 14.6 Å². The molecule has 118 valence electrons. The van der Waals surface area contributed by atoms with Crippen molar-refractivity contribution in [3.8, 4) is 11.6 Å². The van der Waals surface area contributed by atoms with E-state index in [0.717, 1.165) is 5.39 Å². The van der Waals surface area contributed by atoms with Crippen molar-refractivity contribution in [3.63, 3.8) is 0 Å². The zero-order valence-corrected chi connectivity index (χ0v) is 14.3. The zero-order valence-electron chi connectivity index (χ0n) is 12.5. The lowest BCUT2D eigenvalue weighted by Gasteiger charge is -2.18. The van der Waals surface area contributed by atoms with Crippen LogP contribution in [0, 0.1) is 0 Å². The second-order valence-corrected chi connectivity index (χ2v) is 8.08. The van der Waals surface area contributed by atoms with E-state index >= 15 is 0 Å². The minimum absolute atomic E-state index is 0.457. The second-order valence-electron chi connectivity index (χ2n) is 4.86. The highest BCUT2D eigenvalue weighted by atomic mass is 32.5. The number of hydrogen-bond donors (Lipinski definition) is 1. The number of ether oxygens (including phenoxy) is 1. The Kier molecular flexibility index (Phi) is 4.62. The zero-order chi connectivity index (χ0) is 16.3. The first-order valence-electron chi connectivity index (χ1n) is 7.21. The smallest absolute Gasteiger partial charge is 0.266 e. The molecule has 0 saturated carbocycles. The number of nitrogens with zero attached hydrogens (tertiary/aromatic N) is 1. The number of rotatable bonds is 5. The van der Waals surface area contributed by atoms with Crippen LogP contribution in [0.5, 0.6) is 11.6 Å². The van der Waals surface area contributed by atoms with Crippen LogP contribution in [0.3, 0.4) is 0 Å². The molecule has 6 heteroatoms. The molecule has 0 bridgehead atoms. The van der Waals surface area contributed by atoms with E-state index in [1.807, 2.05) is 49.4 Å². The van der Waals surface area contributed by atoms with Crippen molar-refractivity contribution in [2.45, 2.75) is 6.92 Å². The summed E-state index contributed by atoms with van der Waals surface area (Å²) in [7, 11) is 0. The highest BCUT2D eigenvalue weighted by molar-refractivity contribution is 8.13. The Morgan fingerprint density at radius 2 is 1.83 bits per heavy atom. The van der Waals surface area contributed by atoms with E-state index in [4.69, 9.17) is 21.1 Å². The maximum atomic E-state index is 10.6. The minimum atomic E-state index is -3.15. The van der Waals surface area contributed by atoms with Gasteiger partial charge in [0.05, 0.1) is 6.61 Å². The van der Waals surface area contributed by atoms with Crippen LogP contribution in [0.2, 0.25) is 0 Å². The molecule has 0 radical (unpaired) electrons. The summed E-state index contributed by atoms with van der Waals surface area (Å²) in [6.45, 7) is -0.718. The van der Waals surface area contributed by atoms with Crippen LogP contribution in [0.1, 0.15) is 6.92 Å². The normalized spacial score (nSPS) is 13.5. The summed E-state index contributed by atoms with van der Waals surface area (Å²) < 4.78 is 11.2. The van der Waals surface area contributed by atoms with Gasteiger partial charge in [0.15, 0.2) is 5.75 Å². The third-order valence-electron chi connectivity index (χ3n) is 3.25. The van der Waals surface area contributed by atoms with Crippen molar-refractivity contribution >= 4 is 34.5 Å². The van der Waals surface area contributed by atoms with Crippen molar-refractivity contribution in [2.24, 2.45) is 0 Å². The highest BCUT2D eigenvalue weighted by Gasteiger charge is 2.20. The van der Waals surface area contributed by atoms with Gasteiger partial charge in [0.2, 0.25) is 5.88 Å². The van der Waals surface area contributed by atoms with Crippen LogP contribution in [0.4, 0.5) is 0 Å². The topological polar surface area (TPSA) is 51.6 Å². The Bertz CT molecular complexity index is 870. The van der Waals surface area contributed by atoms with Crippen LogP contribution in [0.15, 0.2) is 60.7 Å². The molecule has 2 aromatic carbocycles. The molecule has 0 aliphatic heterocycles. The summed E-state index contributed by atoms with van der Waals surface area (Å²) in [6.07, 6.45) is 0. The molecule has 4 nitrogen and oxygen atoms in total. The lowest BCUT2D eigenvalue weighted by Crippen LogP contribution is -2.08. The van der Waals surface area contributed by atoms with E-state index < -0.39 is 6.49 Å². The summed E-state index contributed by atoms with van der Waals surface area (Å²) in [4.78, 5) is 15.1. The van der Waals surface area contributed by atoms with Crippen LogP contribution in [-0.4, -0.2) is 16.5 Å². The third-order valence-corrected chi connectivity index (χ3v) is 5.51. The largest absolute Gasteiger partial charge is 0.478 e. The summed E-state index contributed by atoms with van der Waals surface area (Å²) in [5.41, 5.74) is 0.623. The molecule has 1 heterocycles. The lowest BCUT2D eigenvalue weighted by atomic mass is 10.2. The van der Waals surface area contributed by atoms with Gasteiger partial charge in [0.25, 0.3) is 6.49 Å². The van der Waals surface area contributed by atoms with Gasteiger partial charge in [-0.2, -0.15) is 0 Å². The number of aromatic nitrogens is 1. The average Bonchev–Trinajstić information content (AvgIpc) is 2.56. The Morgan fingerprint density at radius 3 is 2.57 bits per heavy atom. The van der Waals surface area contributed by atoms with Gasteiger partial charge in [-0.1, -0.05) is 30.3 Å². The Balaban J connectivity index is 2.02. The van der Waals surface area contributed by atoms with Crippen molar-refractivity contribution < 1.29 is 14.2 Å². The molecule has 3 aromatic rings. The van der Waals surface area contributed by atoms with E-state index in [-0.39, 0.29) is 0 Å². The average molecular weight is 345 g/mol. The molecule has 1 unspecified atom stereocenters. The van der Waals surface area contributed by atoms with Gasteiger partial charge in [-0.3, -0.25) is 0 Å². The minimum Gasteiger partial charge on any atom is -0.478 e. The molecule has 0 saturated heterocycles. The summed E-state index contributed by atoms with van der Waals surface area (Å²) in [5, 5.41) is 1.50. The SMILES string of the molecule is CCOc1ccc2cccc(OP(O)(=S)c3ccccc3)c2n1. The van der Waals surface area contributed by atoms with Crippen molar-refractivity contribution in [3.05, 3.63) is 60.7 Å². The molecule has 0 amide bonds. The van der Waals surface area contributed by atoms with Crippen LogP contribution >= 0.6 is 6.49 Å². The molecule has 0 spiro atoms. The van der Waals surface area contributed by atoms with E-state index in [9.17, 15) is 4.89 Å². The standard InChI is InChI=1S/C17H16NO3PS/c1-2-20-16-12-11-13-7-6-10-15(17(13)18-16)21-22(19,23)14-8-4-3-5-9-14/h3-12H,2H2,1H3,(H,19,23). The highest BCUT2D eigenvalue weighted by Crippen LogP contribution is 2.43. The molecule has 23 heavy (non-hydrogen) atoms. The summed E-state index contributed by atoms with van der Waals surface area (Å²) in [6, 6.07) is 18.3. The fraction of sp³-hybridized carbons (Fsp3) is 0.118. The molecular weight excluding hydrogens is 329 g/mol. The predicted molar refractivity (Wildman–Crippen MR) is 96.1 cm³/mol. The molecule has 3 rings (SSSR count). The molecule has 0 aliphatic carbocycles. The van der Waals surface area contributed by atoms with Gasteiger partial charge in [0.1, 0.15) is 5.52 Å². The Hall–Kier alpha value is -1.94. The number of para-hydroxylation sites is 1. The van der Waals surface area contributed by atoms with Gasteiger partial charge >= 0.3 is 0 Å². The van der Waals surface area contributed by atoms with Crippen LogP contribution in [0.25, 0.3) is 10.9 Å². The summed E-state index contributed by atoms with van der Waals surface area (Å²) in [5.74, 6) is 0.973. The Morgan fingerprint density at radius 1 is 1.04 bits per heavy atom. The summed E-state index contributed by atoms with van der Waals surface area (Å²) >= 11 is 5.32. The molecule has 1 N–H and O–H groups in total. The fourth-order valence-corrected chi connectivity index (χ4v) is 3.88. The number of pyridine rings is 1.